The molecule has 1 atom stereocenters. The Hall–Kier alpha value is -2.78. The summed E-state index contributed by atoms with van der Waals surface area (Å²) in [5.41, 5.74) is -0.185. The number of nitrogens with one attached hydrogen (secondary N) is 1. The summed E-state index contributed by atoms with van der Waals surface area (Å²) < 4.78 is 14.9. The Labute approximate surface area is 192 Å². The highest BCUT2D eigenvalue weighted by Crippen LogP contribution is 2.19. The van der Waals surface area contributed by atoms with Crippen LogP contribution in [0, 0.1) is 5.82 Å². The van der Waals surface area contributed by atoms with Gasteiger partial charge < -0.3 is 10.2 Å². The molecule has 3 aromatic rings. The lowest BCUT2D eigenvalue weighted by atomic mass is 10.0. The Balaban J connectivity index is 1.47. The molecule has 32 heavy (non-hydrogen) atoms. The Morgan fingerprint density at radius 3 is 2.94 bits per heavy atom. The summed E-state index contributed by atoms with van der Waals surface area (Å²) in [6, 6.07) is 5.04. The van der Waals surface area contributed by atoms with Crippen LogP contribution < -0.4 is 10.9 Å². The number of thiophene rings is 1. The Kier molecular flexibility index (Phi) is 6.86. The number of nitrogens with zero attached hydrogens (tertiary/aromatic N) is 3. The number of rotatable bonds is 4. The molecule has 0 aliphatic carbocycles. The van der Waals surface area contributed by atoms with Crippen LogP contribution in [0.4, 0.5) is 4.39 Å². The van der Waals surface area contributed by atoms with Crippen LogP contribution in [0.1, 0.15) is 36.0 Å². The van der Waals surface area contributed by atoms with Crippen molar-refractivity contribution in [1.82, 2.24) is 19.8 Å². The van der Waals surface area contributed by atoms with E-state index in [1.807, 2.05) is 0 Å². The molecule has 1 aliphatic rings. The summed E-state index contributed by atoms with van der Waals surface area (Å²) in [7, 11) is 0. The molecule has 2 amide bonds. The van der Waals surface area contributed by atoms with Gasteiger partial charge in [0.2, 0.25) is 5.91 Å². The summed E-state index contributed by atoms with van der Waals surface area (Å²) in [6.45, 7) is 0.725. The second-order valence-corrected chi connectivity index (χ2v) is 9.10. The van der Waals surface area contributed by atoms with Gasteiger partial charge in [-0.25, -0.2) is 9.37 Å². The van der Waals surface area contributed by atoms with Crippen molar-refractivity contribution in [2.24, 2.45) is 0 Å². The molecular formula is C22H22ClFN4O3S. The first-order valence-electron chi connectivity index (χ1n) is 10.4. The molecule has 4 rings (SSSR count). The zero-order chi connectivity index (χ0) is 22.7. The minimum Gasteiger partial charge on any atom is -0.347 e. The quantitative estimate of drug-likeness (QED) is 0.625. The molecule has 1 aliphatic heterocycles. The lowest BCUT2D eigenvalue weighted by molar-refractivity contribution is -0.132. The second-order valence-electron chi connectivity index (χ2n) is 7.80. The van der Waals surface area contributed by atoms with Crippen molar-refractivity contribution >= 4 is 45.0 Å². The summed E-state index contributed by atoms with van der Waals surface area (Å²) >= 11 is 7.43. The Morgan fingerprint density at radius 2 is 2.09 bits per heavy atom. The van der Waals surface area contributed by atoms with E-state index in [9.17, 15) is 18.8 Å². The van der Waals surface area contributed by atoms with E-state index in [1.165, 1.54) is 34.4 Å². The predicted octanol–water partition coefficient (Wildman–Crippen LogP) is 3.45. The monoisotopic (exact) mass is 476 g/mol. The molecule has 168 valence electrons. The fourth-order valence-corrected chi connectivity index (χ4v) is 4.78. The van der Waals surface area contributed by atoms with Gasteiger partial charge in [-0.2, -0.15) is 0 Å². The van der Waals surface area contributed by atoms with Gasteiger partial charge in [0.1, 0.15) is 17.2 Å². The number of likely N-dealkylation sites (tertiary alicyclic amines) is 1. The van der Waals surface area contributed by atoms with Crippen LogP contribution in [0.5, 0.6) is 0 Å². The molecule has 7 nitrogen and oxygen atoms in total. The molecule has 0 radical (unpaired) electrons. The number of benzene rings is 1. The lowest BCUT2D eigenvalue weighted by Gasteiger charge is -2.31. The van der Waals surface area contributed by atoms with Crippen molar-refractivity contribution in [2.45, 2.75) is 38.3 Å². The number of hydrogen-bond donors (Lipinski definition) is 1. The van der Waals surface area contributed by atoms with E-state index in [-0.39, 0.29) is 34.6 Å². The van der Waals surface area contributed by atoms with E-state index in [0.717, 1.165) is 25.3 Å². The smallest absolute Gasteiger partial charge is 0.262 e. The number of amides is 2. The van der Waals surface area contributed by atoms with Crippen molar-refractivity contribution in [3.8, 4) is 0 Å². The average Bonchev–Trinajstić information content (AvgIpc) is 3.23. The summed E-state index contributed by atoms with van der Waals surface area (Å²) in [5, 5.41) is 5.34. The number of fused-ring (bicyclic) bond motifs is 1. The van der Waals surface area contributed by atoms with Crippen molar-refractivity contribution < 1.29 is 14.0 Å². The Bertz CT molecular complexity index is 1210. The molecule has 1 fully saturated rings. The van der Waals surface area contributed by atoms with Gasteiger partial charge in [-0.05, 0) is 42.5 Å². The van der Waals surface area contributed by atoms with Gasteiger partial charge in [0, 0.05) is 19.1 Å². The fourth-order valence-electron chi connectivity index (χ4n) is 3.85. The number of hydrogen-bond acceptors (Lipinski definition) is 5. The number of carbonyl (C=O) groups excluding carboxylic acids is 2. The molecule has 1 aromatic carbocycles. The van der Waals surface area contributed by atoms with Gasteiger partial charge in [-0.3, -0.25) is 19.0 Å². The van der Waals surface area contributed by atoms with Crippen molar-refractivity contribution in [1.29, 1.82) is 0 Å². The van der Waals surface area contributed by atoms with Crippen LogP contribution >= 0.6 is 22.9 Å². The largest absolute Gasteiger partial charge is 0.347 e. The molecule has 0 saturated carbocycles. The van der Waals surface area contributed by atoms with E-state index in [2.05, 4.69) is 10.3 Å². The van der Waals surface area contributed by atoms with Crippen molar-refractivity contribution in [3.63, 3.8) is 0 Å². The number of carbonyl (C=O) groups is 2. The van der Waals surface area contributed by atoms with Crippen molar-refractivity contribution in [2.75, 3.05) is 13.1 Å². The van der Waals surface area contributed by atoms with Crippen LogP contribution in [0.15, 0.2) is 40.8 Å². The maximum atomic E-state index is 13.6. The van der Waals surface area contributed by atoms with E-state index in [0.29, 0.717) is 29.7 Å². The molecule has 10 heteroatoms. The molecule has 0 spiro atoms. The first-order valence-corrected chi connectivity index (χ1v) is 11.6. The predicted molar refractivity (Wildman–Crippen MR) is 122 cm³/mol. The highest BCUT2D eigenvalue weighted by atomic mass is 35.5. The standard InChI is InChI=1S/C22H22ClFN4O3S/c23-18-6-5-14(24)10-17(18)20(30)26-15-4-2-1-3-8-27(11-15)19(29)12-28-13-25-21-16(22(28)31)7-9-32-21/h5-7,9-10,13,15H,1-4,8,11-12H2,(H,26,30). The van der Waals surface area contributed by atoms with Gasteiger partial charge in [-0.1, -0.05) is 24.4 Å². The molecule has 2 aromatic heterocycles. The maximum absolute atomic E-state index is 13.6. The summed E-state index contributed by atoms with van der Waals surface area (Å²) in [5.74, 6) is -1.24. The highest BCUT2D eigenvalue weighted by Gasteiger charge is 2.24. The van der Waals surface area contributed by atoms with Gasteiger partial charge in [-0.15, -0.1) is 11.3 Å². The Morgan fingerprint density at radius 1 is 1.25 bits per heavy atom. The lowest BCUT2D eigenvalue weighted by Crippen LogP contribution is -2.48. The van der Waals surface area contributed by atoms with Crippen LogP contribution in [0.25, 0.3) is 10.2 Å². The molecule has 0 bridgehead atoms. The van der Waals surface area contributed by atoms with Gasteiger partial charge in [0.05, 0.1) is 22.3 Å². The molecule has 1 saturated heterocycles. The molecule has 1 unspecified atom stereocenters. The first kappa shape index (κ1) is 22.4. The van der Waals surface area contributed by atoms with Gasteiger partial charge in [0.15, 0.2) is 0 Å². The third kappa shape index (κ3) is 4.99. The minimum absolute atomic E-state index is 0.0632. The topological polar surface area (TPSA) is 84.3 Å². The molecule has 1 N–H and O–H groups in total. The van der Waals surface area contributed by atoms with E-state index in [4.69, 9.17) is 11.6 Å². The first-order chi connectivity index (χ1) is 15.4. The maximum Gasteiger partial charge on any atom is 0.262 e. The van der Waals surface area contributed by atoms with Crippen molar-refractivity contribution in [3.05, 3.63) is 62.7 Å². The SMILES string of the molecule is O=C(NC1CCCCCN(C(=O)Cn2cnc3sccc3c2=O)C1)c1cc(F)ccc1Cl. The summed E-state index contributed by atoms with van der Waals surface area (Å²) in [6.07, 6.45) is 4.75. The highest BCUT2D eigenvalue weighted by molar-refractivity contribution is 7.16. The van der Waals surface area contributed by atoms with E-state index in [1.54, 1.807) is 16.3 Å². The van der Waals surface area contributed by atoms with Gasteiger partial charge >= 0.3 is 0 Å². The van der Waals surface area contributed by atoms with E-state index >= 15 is 0 Å². The summed E-state index contributed by atoms with van der Waals surface area (Å²) in [4.78, 5) is 44.9. The van der Waals surface area contributed by atoms with Crippen LogP contribution in [0.3, 0.4) is 0 Å². The average molecular weight is 477 g/mol. The van der Waals surface area contributed by atoms with E-state index < -0.39 is 11.7 Å². The van der Waals surface area contributed by atoms with Gasteiger partial charge in [0.25, 0.3) is 11.5 Å². The number of aromatic nitrogens is 2. The van der Waals surface area contributed by atoms with Crippen LogP contribution in [0.2, 0.25) is 5.02 Å². The van der Waals surface area contributed by atoms with Crippen LogP contribution in [-0.4, -0.2) is 45.4 Å². The third-order valence-corrected chi connectivity index (χ3v) is 6.69. The van der Waals surface area contributed by atoms with Crippen LogP contribution in [-0.2, 0) is 11.3 Å². The molecule has 3 heterocycles. The zero-order valence-corrected chi connectivity index (χ0v) is 18.8. The molecular weight excluding hydrogens is 455 g/mol. The third-order valence-electron chi connectivity index (χ3n) is 5.54. The minimum atomic E-state index is -0.546. The second kappa shape index (κ2) is 9.79. The normalized spacial score (nSPS) is 17.1. The fraction of sp³-hybridized carbons (Fsp3) is 0.364. The number of halogens is 2. The zero-order valence-electron chi connectivity index (χ0n) is 17.2.